The quantitative estimate of drug-likeness (QED) is 0.750. The molecule has 0 atom stereocenters. The van der Waals surface area contributed by atoms with E-state index in [1.807, 2.05) is 31.2 Å². The Hall–Kier alpha value is -2.01. The van der Waals surface area contributed by atoms with Crippen LogP contribution in [0.5, 0.6) is 11.5 Å². The summed E-state index contributed by atoms with van der Waals surface area (Å²) >= 11 is 0. The molecule has 1 N–H and O–H groups in total. The van der Waals surface area contributed by atoms with E-state index in [2.05, 4.69) is 10.3 Å². The van der Waals surface area contributed by atoms with Crippen molar-refractivity contribution in [2.75, 3.05) is 20.3 Å². The Morgan fingerprint density at radius 1 is 1.20 bits per heavy atom. The Morgan fingerprint density at radius 3 is 2.60 bits per heavy atom. The van der Waals surface area contributed by atoms with Crippen LogP contribution in [0.15, 0.2) is 34.9 Å². The Bertz CT molecular complexity index is 508. The Kier molecular flexibility index (Phi) is 5.43. The molecule has 0 aliphatic heterocycles. The summed E-state index contributed by atoms with van der Waals surface area (Å²) in [6, 6.07) is 7.53. The fourth-order valence-electron chi connectivity index (χ4n) is 1.70. The van der Waals surface area contributed by atoms with Crippen molar-refractivity contribution in [3.8, 4) is 11.5 Å². The van der Waals surface area contributed by atoms with Crippen molar-refractivity contribution in [3.63, 3.8) is 0 Å². The van der Waals surface area contributed by atoms with Crippen LogP contribution < -0.4 is 14.8 Å². The van der Waals surface area contributed by atoms with Crippen LogP contribution in [0.2, 0.25) is 0 Å². The highest BCUT2D eigenvalue weighted by Crippen LogP contribution is 2.16. The molecule has 0 radical (unpaired) electrons. The molecule has 0 saturated carbocycles. The van der Waals surface area contributed by atoms with Gasteiger partial charge in [-0.15, -0.1) is 0 Å². The number of hydrogen-bond acceptors (Lipinski definition) is 5. The molecule has 0 amide bonds. The fraction of sp³-hybridized carbons (Fsp3) is 0.400. The number of nitrogens with one attached hydrogen (secondary N) is 1. The minimum Gasteiger partial charge on any atom is -0.497 e. The van der Waals surface area contributed by atoms with Crippen molar-refractivity contribution in [1.29, 1.82) is 0 Å². The molecule has 2 rings (SSSR count). The lowest BCUT2D eigenvalue weighted by molar-refractivity contribution is 0.309. The zero-order valence-electron chi connectivity index (χ0n) is 11.9. The van der Waals surface area contributed by atoms with Gasteiger partial charge in [-0.2, -0.15) is 0 Å². The predicted octanol–water partition coefficient (Wildman–Crippen LogP) is 2.41. The van der Waals surface area contributed by atoms with Gasteiger partial charge >= 0.3 is 0 Å². The van der Waals surface area contributed by atoms with E-state index in [1.54, 1.807) is 13.3 Å². The van der Waals surface area contributed by atoms with E-state index in [4.69, 9.17) is 13.9 Å². The number of methoxy groups -OCH3 is 1. The van der Waals surface area contributed by atoms with Gasteiger partial charge in [-0.25, -0.2) is 4.98 Å². The van der Waals surface area contributed by atoms with Crippen LogP contribution in [0.3, 0.4) is 0 Å². The molecule has 108 valence electrons. The summed E-state index contributed by atoms with van der Waals surface area (Å²) < 4.78 is 16.2. The molecule has 0 spiro atoms. The molecule has 0 saturated heterocycles. The molecular weight excluding hydrogens is 256 g/mol. The number of aromatic nitrogens is 1. The summed E-state index contributed by atoms with van der Waals surface area (Å²) in [6.07, 6.45) is 2.64. The van der Waals surface area contributed by atoms with Gasteiger partial charge in [0.15, 0.2) is 0 Å². The first-order chi connectivity index (χ1) is 9.81. The highest BCUT2D eigenvalue weighted by molar-refractivity contribution is 5.31. The first-order valence-corrected chi connectivity index (χ1v) is 6.73. The third-order valence-electron chi connectivity index (χ3n) is 2.83. The molecule has 1 aromatic carbocycles. The molecule has 0 bridgehead atoms. The van der Waals surface area contributed by atoms with Crippen LogP contribution in [-0.2, 0) is 13.0 Å². The van der Waals surface area contributed by atoms with E-state index in [9.17, 15) is 0 Å². The van der Waals surface area contributed by atoms with E-state index in [0.29, 0.717) is 19.0 Å². The maximum absolute atomic E-state index is 5.60. The Labute approximate surface area is 118 Å². The summed E-state index contributed by atoms with van der Waals surface area (Å²) in [6.45, 7) is 3.98. The highest BCUT2D eigenvalue weighted by Gasteiger charge is 2.01. The van der Waals surface area contributed by atoms with Crippen LogP contribution in [0, 0.1) is 0 Å². The van der Waals surface area contributed by atoms with Gasteiger partial charge in [-0.3, -0.25) is 0 Å². The van der Waals surface area contributed by atoms with E-state index in [-0.39, 0.29) is 0 Å². The van der Waals surface area contributed by atoms with Crippen LogP contribution >= 0.6 is 0 Å². The lowest BCUT2D eigenvalue weighted by Gasteiger charge is -2.07. The van der Waals surface area contributed by atoms with Gasteiger partial charge in [0.1, 0.15) is 23.9 Å². The molecule has 0 aliphatic carbocycles. The van der Waals surface area contributed by atoms with Crippen molar-refractivity contribution in [2.24, 2.45) is 0 Å². The van der Waals surface area contributed by atoms with Gasteiger partial charge in [0.05, 0.1) is 19.9 Å². The van der Waals surface area contributed by atoms with Crippen LogP contribution in [0.1, 0.15) is 18.6 Å². The smallest absolute Gasteiger partial charge is 0.208 e. The molecule has 0 aliphatic rings. The van der Waals surface area contributed by atoms with Crippen LogP contribution in [0.25, 0.3) is 0 Å². The number of nitrogens with zero attached hydrogens (tertiary/aromatic N) is 1. The summed E-state index contributed by atoms with van der Waals surface area (Å²) in [5, 5.41) is 3.23. The molecule has 5 heteroatoms. The average Bonchev–Trinajstić information content (AvgIpc) is 2.95. The molecule has 20 heavy (non-hydrogen) atoms. The lowest BCUT2D eigenvalue weighted by atomic mass is 10.3. The first kappa shape index (κ1) is 14.4. The third kappa shape index (κ3) is 4.28. The molecule has 1 aromatic heterocycles. The van der Waals surface area contributed by atoms with Gasteiger partial charge in [-0.05, 0) is 24.3 Å². The summed E-state index contributed by atoms with van der Waals surface area (Å²) in [5.74, 6) is 3.28. The van der Waals surface area contributed by atoms with Crippen LogP contribution in [0.4, 0.5) is 0 Å². The predicted molar refractivity (Wildman–Crippen MR) is 76.1 cm³/mol. The van der Waals surface area contributed by atoms with Gasteiger partial charge in [-0.1, -0.05) is 6.92 Å². The second-order valence-electron chi connectivity index (χ2n) is 4.27. The van der Waals surface area contributed by atoms with E-state index in [1.165, 1.54) is 0 Å². The first-order valence-electron chi connectivity index (χ1n) is 6.73. The number of benzene rings is 1. The Balaban J connectivity index is 1.63. The van der Waals surface area contributed by atoms with E-state index in [0.717, 1.165) is 30.2 Å². The zero-order valence-corrected chi connectivity index (χ0v) is 11.9. The molecule has 0 unspecified atom stereocenters. The average molecular weight is 276 g/mol. The van der Waals surface area contributed by atoms with Gasteiger partial charge in [0.25, 0.3) is 0 Å². The SMILES string of the molecule is CCc1cnc(CNCCOc2ccc(OC)cc2)o1. The van der Waals surface area contributed by atoms with Gasteiger partial charge in [0.2, 0.25) is 5.89 Å². The third-order valence-corrected chi connectivity index (χ3v) is 2.83. The monoisotopic (exact) mass is 276 g/mol. The largest absolute Gasteiger partial charge is 0.497 e. The zero-order chi connectivity index (χ0) is 14.2. The second kappa shape index (κ2) is 7.55. The van der Waals surface area contributed by atoms with Gasteiger partial charge < -0.3 is 19.2 Å². The summed E-state index contributed by atoms with van der Waals surface area (Å²) in [5.41, 5.74) is 0. The normalized spacial score (nSPS) is 10.5. The number of aryl methyl sites for hydroxylation is 1. The lowest BCUT2D eigenvalue weighted by Crippen LogP contribution is -2.20. The van der Waals surface area contributed by atoms with E-state index >= 15 is 0 Å². The maximum atomic E-state index is 5.60. The molecule has 0 fully saturated rings. The van der Waals surface area contributed by atoms with Crippen molar-refractivity contribution in [2.45, 2.75) is 19.9 Å². The topological polar surface area (TPSA) is 56.5 Å². The maximum Gasteiger partial charge on any atom is 0.208 e. The van der Waals surface area contributed by atoms with Crippen molar-refractivity contribution >= 4 is 0 Å². The molecular formula is C15H20N2O3. The number of hydrogen-bond donors (Lipinski definition) is 1. The number of rotatable bonds is 8. The standard InChI is InChI=1S/C15H20N2O3/c1-3-12-10-17-15(20-12)11-16-8-9-19-14-6-4-13(18-2)5-7-14/h4-7,10,16H,3,8-9,11H2,1-2H3. The van der Waals surface area contributed by atoms with Gasteiger partial charge in [0, 0.05) is 13.0 Å². The second-order valence-corrected chi connectivity index (χ2v) is 4.27. The fourth-order valence-corrected chi connectivity index (χ4v) is 1.70. The Morgan fingerprint density at radius 2 is 1.95 bits per heavy atom. The number of ether oxygens (including phenoxy) is 2. The highest BCUT2D eigenvalue weighted by atomic mass is 16.5. The summed E-state index contributed by atoms with van der Waals surface area (Å²) in [7, 11) is 1.65. The van der Waals surface area contributed by atoms with Crippen molar-refractivity contribution < 1.29 is 13.9 Å². The molecule has 1 heterocycles. The number of oxazole rings is 1. The summed E-state index contributed by atoms with van der Waals surface area (Å²) in [4.78, 5) is 4.18. The van der Waals surface area contributed by atoms with Crippen molar-refractivity contribution in [1.82, 2.24) is 10.3 Å². The van der Waals surface area contributed by atoms with Crippen LogP contribution in [-0.4, -0.2) is 25.2 Å². The molecule has 2 aromatic rings. The minimum atomic E-state index is 0.591. The molecule has 5 nitrogen and oxygen atoms in total. The van der Waals surface area contributed by atoms with E-state index < -0.39 is 0 Å². The minimum absolute atomic E-state index is 0.591. The van der Waals surface area contributed by atoms with Crippen molar-refractivity contribution in [3.05, 3.63) is 42.1 Å².